The molecule has 0 bridgehead atoms. The Balaban J connectivity index is 2.24. The standard InChI is InChI=1S/C13H15F4NO2S/c1-21(19,20)12-4-2-3-11(12)18-8-5-6-10(14)9(7-8)13(15,16)17/h5-7,11-12,18H,2-4H2,1H3. The largest absolute Gasteiger partial charge is 0.419 e. The Bertz CT molecular complexity index is 628. The highest BCUT2D eigenvalue weighted by molar-refractivity contribution is 7.91. The van der Waals surface area contributed by atoms with Gasteiger partial charge < -0.3 is 5.32 Å². The van der Waals surface area contributed by atoms with Crippen LogP contribution in [0.3, 0.4) is 0 Å². The smallest absolute Gasteiger partial charge is 0.381 e. The average molecular weight is 325 g/mol. The molecule has 0 aromatic heterocycles. The molecule has 0 radical (unpaired) electrons. The van der Waals surface area contributed by atoms with Crippen molar-refractivity contribution in [2.75, 3.05) is 11.6 Å². The highest BCUT2D eigenvalue weighted by Crippen LogP contribution is 2.34. The van der Waals surface area contributed by atoms with E-state index in [1.54, 1.807) is 0 Å². The fourth-order valence-electron chi connectivity index (χ4n) is 2.65. The lowest BCUT2D eigenvalue weighted by Gasteiger charge is -2.21. The Morgan fingerprint density at radius 1 is 1.24 bits per heavy atom. The summed E-state index contributed by atoms with van der Waals surface area (Å²) in [6, 6.07) is 2.14. The predicted molar refractivity (Wildman–Crippen MR) is 71.3 cm³/mol. The summed E-state index contributed by atoms with van der Waals surface area (Å²) in [6.45, 7) is 0. The van der Waals surface area contributed by atoms with E-state index in [2.05, 4.69) is 5.32 Å². The van der Waals surface area contributed by atoms with Crippen molar-refractivity contribution in [1.82, 2.24) is 0 Å². The van der Waals surface area contributed by atoms with E-state index in [0.29, 0.717) is 25.3 Å². The number of nitrogens with one attached hydrogen (secondary N) is 1. The molecule has 0 heterocycles. The molecule has 1 N–H and O–H groups in total. The maximum Gasteiger partial charge on any atom is 0.419 e. The molecule has 2 atom stereocenters. The highest BCUT2D eigenvalue weighted by atomic mass is 32.2. The first-order valence-corrected chi connectivity index (χ1v) is 8.36. The van der Waals surface area contributed by atoms with Gasteiger partial charge in [-0.3, -0.25) is 0 Å². The molecule has 2 unspecified atom stereocenters. The molecule has 3 nitrogen and oxygen atoms in total. The summed E-state index contributed by atoms with van der Waals surface area (Å²) in [4.78, 5) is 0. The number of alkyl halides is 3. The first kappa shape index (κ1) is 16.1. The molecule has 0 amide bonds. The van der Waals surface area contributed by atoms with Crippen LogP contribution < -0.4 is 5.32 Å². The van der Waals surface area contributed by atoms with Crippen LogP contribution in [0.5, 0.6) is 0 Å². The van der Waals surface area contributed by atoms with Gasteiger partial charge in [-0.05, 0) is 37.5 Å². The molecule has 118 valence electrons. The van der Waals surface area contributed by atoms with Crippen molar-refractivity contribution in [3.63, 3.8) is 0 Å². The number of hydrogen-bond acceptors (Lipinski definition) is 3. The monoisotopic (exact) mass is 325 g/mol. The van der Waals surface area contributed by atoms with Crippen molar-refractivity contribution in [2.24, 2.45) is 0 Å². The average Bonchev–Trinajstić information content (AvgIpc) is 2.78. The van der Waals surface area contributed by atoms with Crippen molar-refractivity contribution < 1.29 is 26.0 Å². The SMILES string of the molecule is CS(=O)(=O)C1CCCC1Nc1ccc(F)c(C(F)(F)F)c1. The molecule has 1 aromatic rings. The minimum atomic E-state index is -4.78. The van der Waals surface area contributed by atoms with E-state index in [0.717, 1.165) is 12.3 Å². The van der Waals surface area contributed by atoms with Crippen LogP contribution in [0.4, 0.5) is 23.2 Å². The summed E-state index contributed by atoms with van der Waals surface area (Å²) in [7, 11) is -3.28. The zero-order valence-electron chi connectivity index (χ0n) is 11.2. The van der Waals surface area contributed by atoms with E-state index in [1.165, 1.54) is 6.07 Å². The third-order valence-corrected chi connectivity index (χ3v) is 5.29. The van der Waals surface area contributed by atoms with Gasteiger partial charge in [0.25, 0.3) is 0 Å². The van der Waals surface area contributed by atoms with Gasteiger partial charge in [-0.2, -0.15) is 13.2 Å². The molecule has 1 saturated carbocycles. The van der Waals surface area contributed by atoms with Crippen LogP contribution in [0.2, 0.25) is 0 Å². The lowest BCUT2D eigenvalue weighted by atomic mass is 10.1. The molecule has 8 heteroatoms. The summed E-state index contributed by atoms with van der Waals surface area (Å²) >= 11 is 0. The second-order valence-corrected chi connectivity index (χ2v) is 7.51. The minimum Gasteiger partial charge on any atom is -0.381 e. The molecule has 1 aliphatic rings. The first-order valence-electron chi connectivity index (χ1n) is 6.41. The molecular weight excluding hydrogens is 310 g/mol. The molecule has 0 saturated heterocycles. The van der Waals surface area contributed by atoms with E-state index in [1.807, 2.05) is 0 Å². The molecule has 2 rings (SSSR count). The third-order valence-electron chi connectivity index (χ3n) is 3.63. The summed E-state index contributed by atoms with van der Waals surface area (Å²) in [5.74, 6) is -1.35. The number of hydrogen-bond donors (Lipinski definition) is 1. The van der Waals surface area contributed by atoms with Crippen LogP contribution in [0.1, 0.15) is 24.8 Å². The third kappa shape index (κ3) is 3.66. The summed E-state index contributed by atoms with van der Waals surface area (Å²) < 4.78 is 74.4. The van der Waals surface area contributed by atoms with Gasteiger partial charge in [0.15, 0.2) is 9.84 Å². The Labute approximate surface area is 120 Å². The van der Waals surface area contributed by atoms with E-state index >= 15 is 0 Å². The van der Waals surface area contributed by atoms with Crippen LogP contribution >= 0.6 is 0 Å². The minimum absolute atomic E-state index is 0.0734. The van der Waals surface area contributed by atoms with Crippen molar-refractivity contribution in [2.45, 2.75) is 36.7 Å². The molecule has 1 aliphatic carbocycles. The van der Waals surface area contributed by atoms with Gasteiger partial charge in [-0.15, -0.1) is 0 Å². The van der Waals surface area contributed by atoms with Crippen molar-refractivity contribution >= 4 is 15.5 Å². The van der Waals surface area contributed by atoms with E-state index < -0.39 is 38.7 Å². The van der Waals surface area contributed by atoms with Crippen LogP contribution in [0, 0.1) is 5.82 Å². The van der Waals surface area contributed by atoms with Crippen LogP contribution in [0.15, 0.2) is 18.2 Å². The predicted octanol–water partition coefficient (Wildman–Crippen LogP) is 3.22. The normalized spacial score (nSPS) is 23.3. The number of rotatable bonds is 3. The van der Waals surface area contributed by atoms with Gasteiger partial charge in [-0.1, -0.05) is 0 Å². The molecule has 1 fully saturated rings. The first-order chi connectivity index (χ1) is 9.59. The Kier molecular flexibility index (Phi) is 4.19. The molecule has 0 aliphatic heterocycles. The molecular formula is C13H15F4NO2S. The second-order valence-electron chi connectivity index (χ2n) is 5.24. The van der Waals surface area contributed by atoms with Crippen molar-refractivity contribution in [3.05, 3.63) is 29.6 Å². The van der Waals surface area contributed by atoms with Gasteiger partial charge in [0.1, 0.15) is 5.82 Å². The highest BCUT2D eigenvalue weighted by Gasteiger charge is 2.36. The zero-order valence-corrected chi connectivity index (χ0v) is 12.1. The van der Waals surface area contributed by atoms with Gasteiger partial charge in [0.05, 0.1) is 10.8 Å². The van der Waals surface area contributed by atoms with Crippen molar-refractivity contribution in [1.29, 1.82) is 0 Å². The van der Waals surface area contributed by atoms with Gasteiger partial charge in [0, 0.05) is 18.0 Å². The number of sulfone groups is 1. The summed E-state index contributed by atoms with van der Waals surface area (Å²) in [5, 5.41) is 2.16. The van der Waals surface area contributed by atoms with Crippen molar-refractivity contribution in [3.8, 4) is 0 Å². The number of halogens is 4. The lowest BCUT2D eigenvalue weighted by Crippen LogP contribution is -2.34. The van der Waals surface area contributed by atoms with Gasteiger partial charge >= 0.3 is 6.18 Å². The van der Waals surface area contributed by atoms with Crippen LogP contribution in [0.25, 0.3) is 0 Å². The van der Waals surface area contributed by atoms with Gasteiger partial charge in [0.2, 0.25) is 0 Å². The lowest BCUT2D eigenvalue weighted by molar-refractivity contribution is -0.139. The van der Waals surface area contributed by atoms with Crippen LogP contribution in [-0.4, -0.2) is 26.0 Å². The van der Waals surface area contributed by atoms with Gasteiger partial charge in [-0.25, -0.2) is 12.8 Å². The topological polar surface area (TPSA) is 46.2 Å². The zero-order chi connectivity index (χ0) is 15.8. The molecule has 0 spiro atoms. The fourth-order valence-corrected chi connectivity index (χ4v) is 4.05. The molecule has 1 aromatic carbocycles. The van der Waals surface area contributed by atoms with E-state index in [9.17, 15) is 26.0 Å². The molecule has 21 heavy (non-hydrogen) atoms. The maximum absolute atomic E-state index is 13.2. The fraction of sp³-hybridized carbons (Fsp3) is 0.538. The Hall–Kier alpha value is -1.31. The van der Waals surface area contributed by atoms with E-state index in [4.69, 9.17) is 0 Å². The van der Waals surface area contributed by atoms with Crippen LogP contribution in [-0.2, 0) is 16.0 Å². The maximum atomic E-state index is 13.2. The summed E-state index contributed by atoms with van der Waals surface area (Å²) in [6.07, 6.45) is -1.96. The Morgan fingerprint density at radius 2 is 1.90 bits per heavy atom. The number of anilines is 1. The Morgan fingerprint density at radius 3 is 2.48 bits per heavy atom. The quantitative estimate of drug-likeness (QED) is 0.868. The summed E-state index contributed by atoms with van der Waals surface area (Å²) in [5.41, 5.74) is -1.29. The van der Waals surface area contributed by atoms with E-state index in [-0.39, 0.29) is 5.69 Å². The second kappa shape index (κ2) is 5.47. The number of benzene rings is 1.